The summed E-state index contributed by atoms with van der Waals surface area (Å²) in [4.78, 5) is 28.1. The normalized spacial score (nSPS) is 15.4. The maximum Gasteiger partial charge on any atom is 0.267 e. The number of furan rings is 1. The summed E-state index contributed by atoms with van der Waals surface area (Å²) in [5, 5.41) is 12.5. The van der Waals surface area contributed by atoms with Crippen molar-refractivity contribution in [3.05, 3.63) is 122 Å². The van der Waals surface area contributed by atoms with Gasteiger partial charge in [-0.3, -0.25) is 14.5 Å². The van der Waals surface area contributed by atoms with Gasteiger partial charge < -0.3 is 14.5 Å². The van der Waals surface area contributed by atoms with Gasteiger partial charge in [-0.1, -0.05) is 72.6 Å². The van der Waals surface area contributed by atoms with E-state index in [-0.39, 0.29) is 30.4 Å². The molecule has 1 saturated heterocycles. The fourth-order valence-corrected chi connectivity index (χ4v) is 5.70. The number of halogens is 2. The van der Waals surface area contributed by atoms with E-state index in [4.69, 9.17) is 20.8 Å². The largest absolute Gasteiger partial charge is 0.483 e. The monoisotopic (exact) mass is 704 g/mol. The Bertz CT molecular complexity index is 1760. The highest BCUT2D eigenvalue weighted by Crippen LogP contribution is 2.36. The number of carbonyl (C=O) groups excluding carboxylic acids is 2. The summed E-state index contributed by atoms with van der Waals surface area (Å²) < 4.78 is 12.2. The lowest BCUT2D eigenvalue weighted by molar-refractivity contribution is -0.122. The summed E-state index contributed by atoms with van der Waals surface area (Å²) >= 11 is 10.6. The first-order valence-corrected chi connectivity index (χ1v) is 16.0. The van der Waals surface area contributed by atoms with Crippen molar-refractivity contribution in [3.63, 3.8) is 0 Å². The van der Waals surface area contributed by atoms with Crippen LogP contribution in [0.1, 0.15) is 43.2 Å². The highest BCUT2D eigenvalue weighted by Gasteiger charge is 2.34. The van der Waals surface area contributed by atoms with Gasteiger partial charge in [0.25, 0.3) is 11.8 Å². The number of hydrogen-bond acceptors (Lipinski definition) is 7. The molecule has 8 nitrogen and oxygen atoms in total. The predicted molar refractivity (Wildman–Crippen MR) is 185 cm³/mol. The second kappa shape index (κ2) is 14.3. The van der Waals surface area contributed by atoms with E-state index in [1.807, 2.05) is 18.2 Å². The maximum atomic E-state index is 13.6. The third-order valence-electron chi connectivity index (χ3n) is 6.65. The number of thioether (sulfide) groups is 1. The van der Waals surface area contributed by atoms with E-state index in [0.29, 0.717) is 37.9 Å². The van der Waals surface area contributed by atoms with Crippen molar-refractivity contribution in [3.8, 4) is 5.75 Å². The Labute approximate surface area is 279 Å². The molecular formula is C34H30BrClN4O4S. The number of amides is 2. The molecule has 0 unspecified atom stereocenters. The molecule has 0 bridgehead atoms. The number of ether oxygens (including phenoxy) is 1. The number of carbonyl (C=O) groups is 2. The molecule has 1 aliphatic rings. The molecule has 1 aliphatic heterocycles. The molecule has 0 saturated carbocycles. The van der Waals surface area contributed by atoms with Crippen molar-refractivity contribution >= 4 is 74.3 Å². The van der Waals surface area contributed by atoms with Crippen LogP contribution in [0.5, 0.6) is 5.75 Å². The number of nitrogens with zero attached hydrogens (tertiary/aromatic N) is 3. The van der Waals surface area contributed by atoms with Gasteiger partial charge in [0.05, 0.1) is 23.9 Å². The standard InChI is InChI=1S/C34H30BrClN4O4S/c1-34(2,3)24-8-6-22(7-9-24)19-37-39-33-40(20-28-5-4-16-43-28)32(42)30(45-33)18-23-17-25(35)10-15-29(23)44-21-31(41)38-27-13-11-26(36)12-14-27/h4-19H,20-21H2,1-3H3,(H,38,41)/b30-18-,37-19-,39-33+. The average Bonchev–Trinajstić information content (AvgIpc) is 3.62. The number of nitrogens with one attached hydrogen (secondary N) is 1. The first-order valence-electron chi connectivity index (χ1n) is 14.0. The minimum atomic E-state index is -0.338. The Hall–Kier alpha value is -4.12. The van der Waals surface area contributed by atoms with Crippen LogP contribution in [0.4, 0.5) is 5.69 Å². The molecule has 11 heteroatoms. The zero-order valence-corrected chi connectivity index (χ0v) is 27.9. The minimum absolute atomic E-state index is 0.0505. The smallest absolute Gasteiger partial charge is 0.267 e. The average molecular weight is 706 g/mol. The maximum absolute atomic E-state index is 13.6. The molecule has 0 spiro atoms. The fourth-order valence-electron chi connectivity index (χ4n) is 4.27. The highest BCUT2D eigenvalue weighted by atomic mass is 79.9. The molecule has 3 aromatic carbocycles. The number of amidine groups is 1. The Morgan fingerprint density at radius 3 is 2.53 bits per heavy atom. The van der Waals surface area contributed by atoms with Gasteiger partial charge in [0.15, 0.2) is 11.8 Å². The molecule has 2 amide bonds. The lowest BCUT2D eigenvalue weighted by Gasteiger charge is -2.18. The van der Waals surface area contributed by atoms with Crippen LogP contribution in [0.15, 0.2) is 109 Å². The molecule has 45 heavy (non-hydrogen) atoms. The molecule has 2 heterocycles. The molecule has 4 aromatic rings. The first kappa shape index (κ1) is 32.3. The van der Waals surface area contributed by atoms with Gasteiger partial charge in [-0.05, 0) is 89.0 Å². The van der Waals surface area contributed by atoms with E-state index < -0.39 is 0 Å². The van der Waals surface area contributed by atoms with Crippen molar-refractivity contribution in [2.75, 3.05) is 11.9 Å². The van der Waals surface area contributed by atoms with Gasteiger partial charge in [0, 0.05) is 20.7 Å². The molecule has 0 aliphatic carbocycles. The molecule has 1 fully saturated rings. The molecular weight excluding hydrogens is 676 g/mol. The number of rotatable bonds is 9. The third-order valence-corrected chi connectivity index (χ3v) is 8.40. The third kappa shape index (κ3) is 8.75. The van der Waals surface area contributed by atoms with Crippen LogP contribution in [0.25, 0.3) is 6.08 Å². The zero-order chi connectivity index (χ0) is 32.0. The van der Waals surface area contributed by atoms with E-state index >= 15 is 0 Å². The lowest BCUT2D eigenvalue weighted by atomic mass is 9.87. The van der Waals surface area contributed by atoms with E-state index in [9.17, 15) is 9.59 Å². The summed E-state index contributed by atoms with van der Waals surface area (Å²) in [5.74, 6) is 0.448. The summed E-state index contributed by atoms with van der Waals surface area (Å²) in [5.41, 5.74) is 3.38. The predicted octanol–water partition coefficient (Wildman–Crippen LogP) is 8.52. The van der Waals surface area contributed by atoms with E-state index in [1.54, 1.807) is 67.1 Å². The zero-order valence-electron chi connectivity index (χ0n) is 24.8. The van der Waals surface area contributed by atoms with E-state index in [2.05, 4.69) is 64.4 Å². The van der Waals surface area contributed by atoms with Gasteiger partial charge in [-0.25, -0.2) is 0 Å². The highest BCUT2D eigenvalue weighted by molar-refractivity contribution is 9.10. The summed E-state index contributed by atoms with van der Waals surface area (Å²) in [6.07, 6.45) is 4.94. The number of hydrogen-bond donors (Lipinski definition) is 1. The quantitative estimate of drug-likeness (QED) is 0.107. The van der Waals surface area contributed by atoms with Crippen LogP contribution >= 0.6 is 39.3 Å². The van der Waals surface area contributed by atoms with Gasteiger partial charge in [-0.15, -0.1) is 5.10 Å². The topological polar surface area (TPSA) is 96.5 Å². The Kier molecular flexibility index (Phi) is 10.3. The van der Waals surface area contributed by atoms with Crippen LogP contribution in [-0.2, 0) is 21.5 Å². The van der Waals surface area contributed by atoms with Crippen molar-refractivity contribution in [2.45, 2.75) is 32.7 Å². The Morgan fingerprint density at radius 2 is 1.84 bits per heavy atom. The van der Waals surface area contributed by atoms with Crippen molar-refractivity contribution in [1.29, 1.82) is 0 Å². The number of anilines is 1. The Balaban J connectivity index is 1.36. The van der Waals surface area contributed by atoms with Gasteiger partial charge in [0.2, 0.25) is 0 Å². The second-order valence-electron chi connectivity index (χ2n) is 11.1. The fraction of sp³-hybridized carbons (Fsp3) is 0.176. The van der Waals surface area contributed by atoms with Gasteiger partial charge in [0.1, 0.15) is 11.5 Å². The number of benzene rings is 3. The van der Waals surface area contributed by atoms with Crippen molar-refractivity contribution in [2.24, 2.45) is 10.2 Å². The summed E-state index contributed by atoms with van der Waals surface area (Å²) in [6.45, 7) is 6.45. The molecule has 1 N–H and O–H groups in total. The first-order chi connectivity index (χ1) is 21.5. The molecule has 0 atom stereocenters. The minimum Gasteiger partial charge on any atom is -0.483 e. The van der Waals surface area contributed by atoms with Crippen LogP contribution in [0.3, 0.4) is 0 Å². The molecule has 5 rings (SSSR count). The Morgan fingerprint density at radius 1 is 1.09 bits per heavy atom. The summed E-state index contributed by atoms with van der Waals surface area (Å²) in [6, 6.07) is 23.9. The van der Waals surface area contributed by atoms with E-state index in [1.165, 1.54) is 22.2 Å². The van der Waals surface area contributed by atoms with E-state index in [0.717, 1.165) is 10.0 Å². The SMILES string of the molecule is CC(C)(C)c1ccc(/C=N\N=C2\S/C(=C\c3cc(Br)ccc3OCC(=O)Nc3ccc(Cl)cc3)C(=O)N2Cc2ccco2)cc1. The molecule has 0 radical (unpaired) electrons. The van der Waals surface area contributed by atoms with Crippen LogP contribution in [0, 0.1) is 0 Å². The van der Waals surface area contributed by atoms with Crippen molar-refractivity contribution < 1.29 is 18.7 Å². The van der Waals surface area contributed by atoms with Gasteiger partial charge >= 0.3 is 0 Å². The molecule has 1 aromatic heterocycles. The second-order valence-corrected chi connectivity index (χ2v) is 13.5. The van der Waals surface area contributed by atoms with Gasteiger partial charge in [-0.2, -0.15) is 5.10 Å². The van der Waals surface area contributed by atoms with Crippen LogP contribution in [0.2, 0.25) is 5.02 Å². The van der Waals surface area contributed by atoms with Crippen LogP contribution < -0.4 is 10.1 Å². The summed E-state index contributed by atoms with van der Waals surface area (Å²) in [7, 11) is 0. The molecule has 230 valence electrons. The van der Waals surface area contributed by atoms with Crippen LogP contribution in [-0.4, -0.2) is 34.7 Å². The lowest BCUT2D eigenvalue weighted by Crippen LogP contribution is -2.28. The van der Waals surface area contributed by atoms with Crippen molar-refractivity contribution in [1.82, 2.24) is 4.90 Å².